The van der Waals surface area contributed by atoms with E-state index in [1.165, 1.54) is 16.0 Å². The molecule has 7 nitrogen and oxygen atoms in total. The number of halogens is 1. The number of aromatic nitrogens is 2. The Kier molecular flexibility index (Phi) is 6.81. The molecule has 9 heteroatoms. The van der Waals surface area contributed by atoms with Crippen molar-refractivity contribution in [3.8, 4) is 5.75 Å². The molecule has 1 fully saturated rings. The molecule has 0 saturated carbocycles. The molecule has 1 N–H and O–H groups in total. The van der Waals surface area contributed by atoms with Crippen molar-refractivity contribution in [3.05, 3.63) is 62.9 Å². The molecule has 0 unspecified atom stereocenters. The van der Waals surface area contributed by atoms with Gasteiger partial charge in [-0.05, 0) is 37.1 Å². The number of carbonyl (C=O) groups is 2. The second-order valence-corrected chi connectivity index (χ2v) is 9.51. The first-order valence-corrected chi connectivity index (χ1v) is 11.7. The van der Waals surface area contributed by atoms with E-state index in [1.807, 2.05) is 29.2 Å². The highest BCUT2D eigenvalue weighted by Gasteiger charge is 2.27. The summed E-state index contributed by atoms with van der Waals surface area (Å²) in [5.41, 5.74) is 1.29. The fraction of sp³-hybridized carbons (Fsp3) is 0.348. The zero-order valence-corrected chi connectivity index (χ0v) is 19.6. The molecule has 3 aromatic rings. The molecule has 0 atom stereocenters. The Labute approximate surface area is 195 Å². The van der Waals surface area contributed by atoms with Gasteiger partial charge in [-0.2, -0.15) is 9.78 Å². The van der Waals surface area contributed by atoms with Crippen LogP contribution in [-0.4, -0.2) is 46.7 Å². The molecule has 2 aromatic heterocycles. The number of carbonyl (C=O) groups excluding carboxylic acids is 2. The van der Waals surface area contributed by atoms with Crippen LogP contribution in [0.4, 0.5) is 5.82 Å². The monoisotopic (exact) mass is 472 g/mol. The van der Waals surface area contributed by atoms with E-state index < -0.39 is 0 Å². The maximum absolute atomic E-state index is 13.4. The van der Waals surface area contributed by atoms with Crippen LogP contribution in [-0.2, 0) is 11.3 Å². The third-order valence-corrected chi connectivity index (χ3v) is 6.92. The molecule has 0 radical (unpaired) electrons. The number of amides is 1. The molecule has 4 rings (SSSR count). The first-order valence-electron chi connectivity index (χ1n) is 10.5. The SMILES string of the molecule is COc1ccccc1C(=O)n1nc(C2CCN(C(C)=O)CC2)cc1NCc1ccc(Cl)s1. The maximum atomic E-state index is 13.4. The Morgan fingerprint density at radius 3 is 2.62 bits per heavy atom. The average molecular weight is 473 g/mol. The second kappa shape index (κ2) is 9.75. The number of benzene rings is 1. The van der Waals surface area contributed by atoms with E-state index in [-0.39, 0.29) is 17.7 Å². The largest absolute Gasteiger partial charge is 0.496 e. The van der Waals surface area contributed by atoms with Crippen LogP contribution in [0.15, 0.2) is 42.5 Å². The van der Waals surface area contributed by atoms with Crippen molar-refractivity contribution in [2.24, 2.45) is 0 Å². The molecule has 1 aliphatic rings. The highest BCUT2D eigenvalue weighted by molar-refractivity contribution is 7.16. The van der Waals surface area contributed by atoms with Gasteiger partial charge in [-0.15, -0.1) is 11.3 Å². The Morgan fingerprint density at radius 2 is 1.97 bits per heavy atom. The van der Waals surface area contributed by atoms with Crippen LogP contribution in [0.2, 0.25) is 4.34 Å². The van der Waals surface area contributed by atoms with Crippen molar-refractivity contribution in [2.45, 2.75) is 32.2 Å². The number of thiophene rings is 1. The van der Waals surface area contributed by atoms with Gasteiger partial charge >= 0.3 is 0 Å². The lowest BCUT2D eigenvalue weighted by molar-refractivity contribution is -0.129. The fourth-order valence-electron chi connectivity index (χ4n) is 3.93. The van der Waals surface area contributed by atoms with Crippen LogP contribution in [0.3, 0.4) is 0 Å². The Hall–Kier alpha value is -2.84. The zero-order chi connectivity index (χ0) is 22.7. The predicted molar refractivity (Wildman–Crippen MR) is 126 cm³/mol. The second-order valence-electron chi connectivity index (χ2n) is 7.71. The van der Waals surface area contributed by atoms with Crippen LogP contribution >= 0.6 is 22.9 Å². The van der Waals surface area contributed by atoms with E-state index in [1.54, 1.807) is 32.2 Å². The van der Waals surface area contributed by atoms with Gasteiger partial charge in [0, 0.05) is 36.9 Å². The standard InChI is InChI=1S/C23H25ClN4O3S/c1-15(29)27-11-9-16(10-12-27)19-13-22(25-14-17-7-8-21(24)32-17)28(26-19)23(30)18-5-3-4-6-20(18)31-2/h3-8,13,16,25H,9-12,14H2,1-2H3. The van der Waals surface area contributed by atoms with Crippen molar-refractivity contribution in [2.75, 3.05) is 25.5 Å². The first kappa shape index (κ1) is 22.4. The number of hydrogen-bond donors (Lipinski definition) is 1. The molecule has 32 heavy (non-hydrogen) atoms. The van der Waals surface area contributed by atoms with Gasteiger partial charge in [-0.3, -0.25) is 9.59 Å². The minimum atomic E-state index is -0.262. The lowest BCUT2D eigenvalue weighted by atomic mass is 9.93. The number of rotatable bonds is 6. The van der Waals surface area contributed by atoms with E-state index in [4.69, 9.17) is 21.4 Å². The molecule has 1 aromatic carbocycles. The van der Waals surface area contributed by atoms with Gasteiger partial charge in [0.05, 0.1) is 29.2 Å². The normalized spacial score (nSPS) is 14.4. The van der Waals surface area contributed by atoms with E-state index in [0.717, 1.165) is 27.7 Å². The number of nitrogens with one attached hydrogen (secondary N) is 1. The highest BCUT2D eigenvalue weighted by atomic mass is 35.5. The smallest absolute Gasteiger partial charge is 0.283 e. The first-order chi connectivity index (χ1) is 15.5. The van der Waals surface area contributed by atoms with E-state index >= 15 is 0 Å². The number of anilines is 1. The molecule has 1 saturated heterocycles. The number of likely N-dealkylation sites (tertiary alicyclic amines) is 1. The molecule has 0 aliphatic carbocycles. The Morgan fingerprint density at radius 1 is 1.22 bits per heavy atom. The minimum absolute atomic E-state index is 0.0947. The van der Waals surface area contributed by atoms with Crippen LogP contribution in [0.25, 0.3) is 0 Å². The number of nitrogens with zero attached hydrogens (tertiary/aromatic N) is 3. The summed E-state index contributed by atoms with van der Waals surface area (Å²) in [6.45, 7) is 3.53. The van der Waals surface area contributed by atoms with Crippen molar-refractivity contribution in [3.63, 3.8) is 0 Å². The summed E-state index contributed by atoms with van der Waals surface area (Å²) in [7, 11) is 1.54. The van der Waals surface area contributed by atoms with Gasteiger partial charge in [0.1, 0.15) is 11.6 Å². The lowest BCUT2D eigenvalue weighted by Gasteiger charge is -2.30. The topological polar surface area (TPSA) is 76.5 Å². The van der Waals surface area contributed by atoms with Crippen molar-refractivity contribution >= 4 is 40.6 Å². The Bertz CT molecular complexity index is 1120. The molecular formula is C23H25ClN4O3S. The van der Waals surface area contributed by atoms with Crippen LogP contribution in [0, 0.1) is 0 Å². The van der Waals surface area contributed by atoms with Gasteiger partial charge in [-0.25, -0.2) is 0 Å². The molecular weight excluding hydrogens is 448 g/mol. The summed E-state index contributed by atoms with van der Waals surface area (Å²) in [5.74, 6) is 1.14. The number of para-hydroxylation sites is 1. The maximum Gasteiger partial charge on any atom is 0.283 e. The van der Waals surface area contributed by atoms with E-state index in [2.05, 4.69) is 5.32 Å². The quantitative estimate of drug-likeness (QED) is 0.565. The van der Waals surface area contributed by atoms with E-state index in [0.29, 0.717) is 36.8 Å². The average Bonchev–Trinajstić information content (AvgIpc) is 3.43. The minimum Gasteiger partial charge on any atom is -0.496 e. The molecule has 0 spiro atoms. The third-order valence-electron chi connectivity index (χ3n) is 5.69. The molecule has 1 amide bonds. The summed E-state index contributed by atoms with van der Waals surface area (Å²) in [4.78, 5) is 28.0. The van der Waals surface area contributed by atoms with Crippen molar-refractivity contribution < 1.29 is 14.3 Å². The van der Waals surface area contributed by atoms with Gasteiger partial charge in [0.15, 0.2) is 0 Å². The summed E-state index contributed by atoms with van der Waals surface area (Å²) >= 11 is 7.55. The van der Waals surface area contributed by atoms with Crippen LogP contribution < -0.4 is 10.1 Å². The summed E-state index contributed by atoms with van der Waals surface area (Å²) in [6.07, 6.45) is 1.64. The molecule has 3 heterocycles. The highest BCUT2D eigenvalue weighted by Crippen LogP contribution is 2.31. The molecule has 168 valence electrons. The van der Waals surface area contributed by atoms with Gasteiger partial charge in [-0.1, -0.05) is 23.7 Å². The van der Waals surface area contributed by atoms with Gasteiger partial charge in [0.25, 0.3) is 5.91 Å². The Balaban J connectivity index is 1.62. The summed E-state index contributed by atoms with van der Waals surface area (Å²) < 4.78 is 7.52. The van der Waals surface area contributed by atoms with Crippen molar-refractivity contribution in [1.82, 2.24) is 14.7 Å². The predicted octanol–water partition coefficient (Wildman–Crippen LogP) is 4.63. The lowest BCUT2D eigenvalue weighted by Crippen LogP contribution is -2.36. The van der Waals surface area contributed by atoms with Crippen LogP contribution in [0.5, 0.6) is 5.75 Å². The van der Waals surface area contributed by atoms with Gasteiger partial charge in [0.2, 0.25) is 5.91 Å². The summed E-state index contributed by atoms with van der Waals surface area (Å²) in [6, 6.07) is 12.9. The number of piperidine rings is 1. The van der Waals surface area contributed by atoms with Crippen LogP contribution in [0.1, 0.15) is 46.6 Å². The fourth-order valence-corrected chi connectivity index (χ4v) is 4.96. The van der Waals surface area contributed by atoms with Gasteiger partial charge < -0.3 is 15.0 Å². The van der Waals surface area contributed by atoms with E-state index in [9.17, 15) is 9.59 Å². The zero-order valence-electron chi connectivity index (χ0n) is 18.0. The molecule has 1 aliphatic heterocycles. The number of ether oxygens (including phenoxy) is 1. The third kappa shape index (κ3) is 4.81. The molecule has 0 bridgehead atoms. The van der Waals surface area contributed by atoms with Crippen molar-refractivity contribution in [1.29, 1.82) is 0 Å². The number of hydrogen-bond acceptors (Lipinski definition) is 6. The number of methoxy groups -OCH3 is 1. The summed E-state index contributed by atoms with van der Waals surface area (Å²) in [5, 5.41) is 8.04.